The summed E-state index contributed by atoms with van der Waals surface area (Å²) in [4.78, 5) is 8.13. The van der Waals surface area contributed by atoms with Crippen molar-refractivity contribution in [2.75, 3.05) is 4.43 Å². The molecule has 0 amide bonds. The average molecular weight is 344 g/mol. The van der Waals surface area contributed by atoms with Crippen LogP contribution in [0, 0.1) is 5.92 Å². The highest BCUT2D eigenvalue weighted by Crippen LogP contribution is 2.13. The Hall–Kier alpha value is -0.850. The van der Waals surface area contributed by atoms with Crippen LogP contribution in [0.5, 0.6) is 0 Å². The molecule has 0 fully saturated rings. The molecule has 1 unspecified atom stereocenters. The molecule has 0 radical (unpaired) electrons. The summed E-state index contributed by atoms with van der Waals surface area (Å²) in [6.07, 6.45) is 14.0. The molecule has 0 spiro atoms. The molecule has 1 atom stereocenters. The molecule has 0 saturated heterocycles. The third-order valence-corrected chi connectivity index (χ3v) is 4.08. The van der Waals surface area contributed by atoms with Crippen LogP contribution in [0.4, 0.5) is 0 Å². The molecule has 0 saturated carbocycles. The lowest BCUT2D eigenvalue weighted by atomic mass is 10.1. The van der Waals surface area contributed by atoms with Gasteiger partial charge in [0.15, 0.2) is 0 Å². The third-order valence-electron chi connectivity index (χ3n) is 2.83. The van der Waals surface area contributed by atoms with Crippen molar-refractivity contribution in [1.82, 2.24) is 19.1 Å². The van der Waals surface area contributed by atoms with Crippen molar-refractivity contribution in [3.05, 3.63) is 37.4 Å². The maximum atomic E-state index is 4.08. The summed E-state index contributed by atoms with van der Waals surface area (Å²) in [5.74, 6) is 0.730. The van der Waals surface area contributed by atoms with Crippen molar-refractivity contribution in [3.63, 3.8) is 0 Å². The van der Waals surface area contributed by atoms with Gasteiger partial charge in [-0.05, 0) is 18.8 Å². The van der Waals surface area contributed by atoms with E-state index in [2.05, 4.69) is 41.7 Å². The normalized spacial score (nSPS) is 12.8. The lowest BCUT2D eigenvalue weighted by Crippen LogP contribution is -2.12. The largest absolute Gasteiger partial charge is 0.337 e. The van der Waals surface area contributed by atoms with E-state index in [-0.39, 0.29) is 0 Å². The van der Waals surface area contributed by atoms with E-state index < -0.39 is 0 Å². The molecule has 0 aliphatic carbocycles. The minimum Gasteiger partial charge on any atom is -0.337 e. The minimum atomic E-state index is 0.730. The second-order valence-corrected chi connectivity index (χ2v) is 5.10. The van der Waals surface area contributed by atoms with Gasteiger partial charge in [0.25, 0.3) is 0 Å². The molecule has 2 heterocycles. The fourth-order valence-corrected chi connectivity index (χ4v) is 2.61. The van der Waals surface area contributed by atoms with Gasteiger partial charge in [-0.15, -0.1) is 0 Å². The fourth-order valence-electron chi connectivity index (χ4n) is 1.89. The number of aromatic nitrogens is 4. The first-order valence-electron chi connectivity index (χ1n) is 5.86. The van der Waals surface area contributed by atoms with Crippen molar-refractivity contribution in [3.8, 4) is 0 Å². The highest BCUT2D eigenvalue weighted by Gasteiger charge is 2.07. The van der Waals surface area contributed by atoms with E-state index in [0.29, 0.717) is 0 Å². The van der Waals surface area contributed by atoms with E-state index in [4.69, 9.17) is 0 Å². The molecule has 2 rings (SSSR count). The van der Waals surface area contributed by atoms with Gasteiger partial charge < -0.3 is 9.13 Å². The highest BCUT2D eigenvalue weighted by molar-refractivity contribution is 14.1. The molecule has 17 heavy (non-hydrogen) atoms. The molecule has 0 aliphatic heterocycles. The summed E-state index contributed by atoms with van der Waals surface area (Å²) in [6.45, 7) is 2.14. The van der Waals surface area contributed by atoms with Gasteiger partial charge >= 0.3 is 0 Å². The molecule has 2 aromatic rings. The number of hydrogen-bond donors (Lipinski definition) is 0. The lowest BCUT2D eigenvalue weighted by molar-refractivity contribution is 0.432. The number of rotatable bonds is 7. The summed E-state index contributed by atoms with van der Waals surface area (Å²) in [5.41, 5.74) is 0. The highest BCUT2D eigenvalue weighted by atomic mass is 127. The van der Waals surface area contributed by atoms with Crippen LogP contribution in [0.25, 0.3) is 0 Å². The standard InChI is InChI=1S/C12H17IN4/c13-8-12(9-17-7-4-15-11-17)2-1-5-16-6-3-14-10-16/h3-4,6-7,10-12H,1-2,5,8-9H2. The molecule has 2 aromatic heterocycles. The molecule has 0 bridgehead atoms. The van der Waals surface area contributed by atoms with Gasteiger partial charge in [-0.2, -0.15) is 0 Å². The Labute approximate surface area is 115 Å². The molecule has 0 N–H and O–H groups in total. The second-order valence-electron chi connectivity index (χ2n) is 4.22. The predicted octanol–water partition coefficient (Wildman–Crippen LogP) is 2.61. The van der Waals surface area contributed by atoms with Crippen molar-refractivity contribution in [2.24, 2.45) is 5.92 Å². The van der Waals surface area contributed by atoms with Crippen LogP contribution in [0.3, 0.4) is 0 Å². The van der Waals surface area contributed by atoms with E-state index in [1.165, 1.54) is 17.3 Å². The van der Waals surface area contributed by atoms with E-state index >= 15 is 0 Å². The first-order chi connectivity index (χ1) is 8.38. The number of aryl methyl sites for hydroxylation is 1. The van der Waals surface area contributed by atoms with Gasteiger partial charge in [-0.3, -0.25) is 0 Å². The Morgan fingerprint density at radius 3 is 2.35 bits per heavy atom. The monoisotopic (exact) mass is 344 g/mol. The number of alkyl halides is 1. The van der Waals surface area contributed by atoms with Crippen molar-refractivity contribution < 1.29 is 0 Å². The summed E-state index contributed by atoms with van der Waals surface area (Å²) in [5, 5.41) is 0. The summed E-state index contributed by atoms with van der Waals surface area (Å²) < 4.78 is 5.50. The van der Waals surface area contributed by atoms with Gasteiger partial charge in [0.2, 0.25) is 0 Å². The van der Waals surface area contributed by atoms with Crippen LogP contribution in [0.2, 0.25) is 0 Å². The van der Waals surface area contributed by atoms with E-state index in [0.717, 1.165) is 19.0 Å². The quantitative estimate of drug-likeness (QED) is 0.572. The van der Waals surface area contributed by atoms with E-state index in [1.807, 2.05) is 37.4 Å². The molecule has 0 aromatic carbocycles. The summed E-state index contributed by atoms with van der Waals surface area (Å²) in [6, 6.07) is 0. The Bertz CT molecular complexity index is 396. The number of imidazole rings is 2. The zero-order valence-corrected chi connectivity index (χ0v) is 11.9. The smallest absolute Gasteiger partial charge is 0.0946 e. The third kappa shape index (κ3) is 4.14. The van der Waals surface area contributed by atoms with Crippen LogP contribution in [-0.4, -0.2) is 23.5 Å². The van der Waals surface area contributed by atoms with Crippen LogP contribution in [0.15, 0.2) is 37.4 Å². The van der Waals surface area contributed by atoms with Gasteiger partial charge in [0, 0.05) is 42.3 Å². The van der Waals surface area contributed by atoms with Crippen molar-refractivity contribution >= 4 is 22.6 Å². The minimum absolute atomic E-state index is 0.730. The van der Waals surface area contributed by atoms with Crippen molar-refractivity contribution in [1.29, 1.82) is 0 Å². The van der Waals surface area contributed by atoms with Gasteiger partial charge in [-0.1, -0.05) is 22.6 Å². The Balaban J connectivity index is 1.72. The van der Waals surface area contributed by atoms with Gasteiger partial charge in [-0.25, -0.2) is 9.97 Å². The summed E-state index contributed by atoms with van der Waals surface area (Å²) in [7, 11) is 0. The van der Waals surface area contributed by atoms with E-state index in [9.17, 15) is 0 Å². The first kappa shape index (κ1) is 12.6. The first-order valence-corrected chi connectivity index (χ1v) is 7.38. The molecular formula is C12H17IN4. The number of nitrogens with zero attached hydrogens (tertiary/aromatic N) is 4. The Morgan fingerprint density at radius 1 is 1.06 bits per heavy atom. The second kappa shape index (κ2) is 6.78. The summed E-state index contributed by atoms with van der Waals surface area (Å²) >= 11 is 2.47. The fraction of sp³-hybridized carbons (Fsp3) is 0.500. The molecule has 92 valence electrons. The lowest BCUT2D eigenvalue weighted by Gasteiger charge is -2.14. The van der Waals surface area contributed by atoms with Crippen LogP contribution in [-0.2, 0) is 13.1 Å². The molecule has 5 heteroatoms. The van der Waals surface area contributed by atoms with Crippen LogP contribution >= 0.6 is 22.6 Å². The topological polar surface area (TPSA) is 35.6 Å². The predicted molar refractivity (Wildman–Crippen MR) is 76.1 cm³/mol. The van der Waals surface area contributed by atoms with E-state index in [1.54, 1.807) is 0 Å². The zero-order valence-electron chi connectivity index (χ0n) is 9.74. The molecule has 4 nitrogen and oxygen atoms in total. The number of halogens is 1. The zero-order chi connectivity index (χ0) is 11.9. The molecular weight excluding hydrogens is 327 g/mol. The van der Waals surface area contributed by atoms with Gasteiger partial charge in [0.1, 0.15) is 0 Å². The van der Waals surface area contributed by atoms with Gasteiger partial charge in [0.05, 0.1) is 12.7 Å². The Kier molecular flexibility index (Phi) is 5.03. The molecule has 0 aliphatic rings. The van der Waals surface area contributed by atoms with Crippen LogP contribution < -0.4 is 0 Å². The SMILES string of the molecule is ICC(CCCn1ccnc1)Cn1ccnc1. The number of hydrogen-bond acceptors (Lipinski definition) is 2. The van der Waals surface area contributed by atoms with Crippen LogP contribution in [0.1, 0.15) is 12.8 Å². The maximum Gasteiger partial charge on any atom is 0.0946 e. The maximum absolute atomic E-state index is 4.08. The van der Waals surface area contributed by atoms with Crippen molar-refractivity contribution in [2.45, 2.75) is 25.9 Å². The average Bonchev–Trinajstić information content (AvgIpc) is 3.00. The Morgan fingerprint density at radius 2 is 1.76 bits per heavy atom.